The highest BCUT2D eigenvalue weighted by Gasteiger charge is 2.43. The fraction of sp³-hybridized carbons (Fsp3) is 0.625. The smallest absolute Gasteiger partial charge is 0.128 e. The van der Waals surface area contributed by atoms with Crippen molar-refractivity contribution in [3.8, 4) is 5.75 Å². The summed E-state index contributed by atoms with van der Waals surface area (Å²) in [6.45, 7) is 7.12. The van der Waals surface area contributed by atoms with E-state index in [0.717, 1.165) is 23.2 Å². The molecule has 3 atom stereocenters. The maximum atomic E-state index is 6.21. The van der Waals surface area contributed by atoms with Crippen LogP contribution < -0.4 is 10.1 Å². The van der Waals surface area contributed by atoms with Gasteiger partial charge in [0.1, 0.15) is 18.0 Å². The van der Waals surface area contributed by atoms with Crippen LogP contribution in [-0.2, 0) is 4.74 Å². The molecule has 1 aromatic carbocycles. The van der Waals surface area contributed by atoms with Crippen molar-refractivity contribution in [3.63, 3.8) is 0 Å². The molecule has 20 heavy (non-hydrogen) atoms. The van der Waals surface area contributed by atoms with E-state index in [1.165, 1.54) is 5.56 Å². The van der Waals surface area contributed by atoms with E-state index in [4.69, 9.17) is 9.47 Å². The molecule has 112 valence electrons. The Labute approximate surface area is 130 Å². The summed E-state index contributed by atoms with van der Waals surface area (Å²) in [4.78, 5) is 0. The first kappa shape index (κ1) is 15.8. The van der Waals surface area contributed by atoms with Crippen LogP contribution in [-0.4, -0.2) is 31.9 Å². The van der Waals surface area contributed by atoms with Crippen LogP contribution in [0.1, 0.15) is 38.7 Å². The zero-order valence-electron chi connectivity index (χ0n) is 12.7. The maximum Gasteiger partial charge on any atom is 0.128 e. The van der Waals surface area contributed by atoms with Crippen molar-refractivity contribution in [2.75, 3.05) is 13.7 Å². The molecule has 0 saturated heterocycles. The molecule has 3 nitrogen and oxygen atoms in total. The van der Waals surface area contributed by atoms with E-state index in [9.17, 15) is 0 Å². The van der Waals surface area contributed by atoms with E-state index in [1.807, 2.05) is 20.0 Å². The Kier molecular flexibility index (Phi) is 5.47. The van der Waals surface area contributed by atoms with E-state index in [-0.39, 0.29) is 12.2 Å². The number of benzene rings is 1. The third kappa shape index (κ3) is 3.35. The van der Waals surface area contributed by atoms with Crippen molar-refractivity contribution in [1.82, 2.24) is 5.32 Å². The van der Waals surface area contributed by atoms with Crippen molar-refractivity contribution < 1.29 is 9.47 Å². The molecule has 1 aliphatic carbocycles. The molecular formula is C16H24BrNO2. The van der Waals surface area contributed by atoms with Crippen LogP contribution in [0, 0.1) is 0 Å². The van der Waals surface area contributed by atoms with Gasteiger partial charge in [0, 0.05) is 23.5 Å². The highest BCUT2D eigenvalue weighted by Crippen LogP contribution is 2.34. The molecule has 1 saturated carbocycles. The Morgan fingerprint density at radius 2 is 2.15 bits per heavy atom. The summed E-state index contributed by atoms with van der Waals surface area (Å²) in [7, 11) is 1.98. The summed E-state index contributed by atoms with van der Waals surface area (Å²) in [5.74, 6) is 1.42. The van der Waals surface area contributed by atoms with Gasteiger partial charge in [0.15, 0.2) is 0 Å². The monoisotopic (exact) mass is 341 g/mol. The number of nitrogens with one attached hydrogen (secondary N) is 1. The molecule has 0 amide bonds. The van der Waals surface area contributed by atoms with Gasteiger partial charge in [-0.15, -0.1) is 0 Å². The van der Waals surface area contributed by atoms with Crippen LogP contribution in [0.2, 0.25) is 0 Å². The Morgan fingerprint density at radius 3 is 2.75 bits per heavy atom. The van der Waals surface area contributed by atoms with Crippen LogP contribution in [0.4, 0.5) is 0 Å². The second-order valence-electron chi connectivity index (χ2n) is 5.54. The Bertz CT molecular complexity index is 450. The first-order valence-electron chi connectivity index (χ1n) is 7.31. The zero-order valence-corrected chi connectivity index (χ0v) is 14.2. The molecule has 1 N–H and O–H groups in total. The summed E-state index contributed by atoms with van der Waals surface area (Å²) in [6.07, 6.45) is 1.29. The Balaban J connectivity index is 2.10. The number of hydrogen-bond acceptors (Lipinski definition) is 3. The van der Waals surface area contributed by atoms with Crippen LogP contribution in [0.3, 0.4) is 0 Å². The molecule has 0 heterocycles. The first-order valence-corrected chi connectivity index (χ1v) is 8.11. The normalized spacial score (nSPS) is 25.6. The predicted molar refractivity (Wildman–Crippen MR) is 85.5 cm³/mol. The van der Waals surface area contributed by atoms with E-state index in [2.05, 4.69) is 47.2 Å². The number of rotatable bonds is 6. The van der Waals surface area contributed by atoms with Gasteiger partial charge in [-0.05, 0) is 43.7 Å². The van der Waals surface area contributed by atoms with E-state index >= 15 is 0 Å². The van der Waals surface area contributed by atoms with Gasteiger partial charge in [0.25, 0.3) is 0 Å². The van der Waals surface area contributed by atoms with Gasteiger partial charge >= 0.3 is 0 Å². The molecule has 0 radical (unpaired) electrons. The molecular weight excluding hydrogens is 318 g/mol. The van der Waals surface area contributed by atoms with E-state index < -0.39 is 0 Å². The molecule has 3 unspecified atom stereocenters. The number of halogens is 1. The summed E-state index contributed by atoms with van der Waals surface area (Å²) in [5.41, 5.74) is 1.24. The predicted octanol–water partition coefficient (Wildman–Crippen LogP) is 3.72. The topological polar surface area (TPSA) is 30.5 Å². The van der Waals surface area contributed by atoms with Crippen LogP contribution in [0.25, 0.3) is 0 Å². The van der Waals surface area contributed by atoms with Gasteiger partial charge in [0.2, 0.25) is 0 Å². The van der Waals surface area contributed by atoms with Crippen LogP contribution in [0.5, 0.6) is 5.75 Å². The lowest BCUT2D eigenvalue weighted by Gasteiger charge is -2.43. The molecule has 1 aliphatic rings. The lowest BCUT2D eigenvalue weighted by molar-refractivity contribution is -0.103. The number of ether oxygens (including phenoxy) is 2. The maximum absolute atomic E-state index is 6.21. The lowest BCUT2D eigenvalue weighted by Crippen LogP contribution is -2.60. The third-order valence-electron chi connectivity index (χ3n) is 3.85. The molecule has 1 fully saturated rings. The average Bonchev–Trinajstić information content (AvgIpc) is 2.41. The Morgan fingerprint density at radius 1 is 1.40 bits per heavy atom. The fourth-order valence-corrected chi connectivity index (χ4v) is 3.01. The summed E-state index contributed by atoms with van der Waals surface area (Å²) in [5, 5.41) is 3.29. The minimum Gasteiger partial charge on any atom is -0.487 e. The SMILES string of the molecule is CCOC1C(NC)CC1Oc1ccc(Br)cc1C(C)C. The van der Waals surface area contributed by atoms with Crippen molar-refractivity contribution in [1.29, 1.82) is 0 Å². The molecule has 0 spiro atoms. The standard InChI is InChI=1S/C16H24BrNO2/c1-5-19-16-13(18-4)9-15(16)20-14-7-6-11(17)8-12(14)10(2)3/h6-8,10,13,15-16,18H,5,9H2,1-4H3. The second kappa shape index (κ2) is 6.92. The third-order valence-corrected chi connectivity index (χ3v) is 4.34. The van der Waals surface area contributed by atoms with E-state index in [0.29, 0.717) is 12.0 Å². The zero-order chi connectivity index (χ0) is 14.7. The average molecular weight is 342 g/mol. The first-order chi connectivity index (χ1) is 9.56. The van der Waals surface area contributed by atoms with Crippen molar-refractivity contribution in [2.24, 2.45) is 0 Å². The van der Waals surface area contributed by atoms with Gasteiger partial charge in [-0.3, -0.25) is 0 Å². The van der Waals surface area contributed by atoms with E-state index in [1.54, 1.807) is 0 Å². The van der Waals surface area contributed by atoms with Crippen molar-refractivity contribution in [3.05, 3.63) is 28.2 Å². The summed E-state index contributed by atoms with van der Waals surface area (Å²) >= 11 is 3.53. The van der Waals surface area contributed by atoms with Crippen LogP contribution in [0.15, 0.2) is 22.7 Å². The highest BCUT2D eigenvalue weighted by molar-refractivity contribution is 9.10. The molecule has 0 bridgehead atoms. The highest BCUT2D eigenvalue weighted by atomic mass is 79.9. The molecule has 1 aromatic rings. The van der Waals surface area contributed by atoms with Gasteiger partial charge in [-0.1, -0.05) is 29.8 Å². The molecule has 2 rings (SSSR count). The van der Waals surface area contributed by atoms with Crippen molar-refractivity contribution in [2.45, 2.75) is 51.4 Å². The Hall–Kier alpha value is -0.580. The second-order valence-corrected chi connectivity index (χ2v) is 6.46. The molecule has 0 aliphatic heterocycles. The summed E-state index contributed by atoms with van der Waals surface area (Å²) < 4.78 is 13.1. The quantitative estimate of drug-likeness (QED) is 0.855. The van der Waals surface area contributed by atoms with Gasteiger partial charge < -0.3 is 14.8 Å². The lowest BCUT2D eigenvalue weighted by atomic mass is 9.85. The van der Waals surface area contributed by atoms with Crippen LogP contribution >= 0.6 is 15.9 Å². The minimum atomic E-state index is 0.145. The van der Waals surface area contributed by atoms with Gasteiger partial charge in [0.05, 0.1) is 0 Å². The molecule has 0 aromatic heterocycles. The number of likely N-dealkylation sites (N-methyl/N-ethyl adjacent to an activating group) is 1. The summed E-state index contributed by atoms with van der Waals surface area (Å²) in [6, 6.07) is 6.63. The van der Waals surface area contributed by atoms with Gasteiger partial charge in [-0.2, -0.15) is 0 Å². The largest absolute Gasteiger partial charge is 0.487 e. The van der Waals surface area contributed by atoms with Gasteiger partial charge in [-0.25, -0.2) is 0 Å². The van der Waals surface area contributed by atoms with Crippen molar-refractivity contribution >= 4 is 15.9 Å². The molecule has 4 heteroatoms. The fourth-order valence-electron chi connectivity index (χ4n) is 2.64. The minimum absolute atomic E-state index is 0.145. The number of hydrogen-bond donors (Lipinski definition) is 1.